The minimum Gasteiger partial charge on any atom is -0.450 e. The number of halogens is 1. The number of benzene rings is 1. The van der Waals surface area contributed by atoms with Gasteiger partial charge in [-0.2, -0.15) is 9.67 Å². The molecular weight excluding hydrogens is 426 g/mol. The van der Waals surface area contributed by atoms with Crippen LogP contribution in [0.5, 0.6) is 0 Å². The third-order valence-electron chi connectivity index (χ3n) is 3.91. The van der Waals surface area contributed by atoms with Crippen molar-refractivity contribution >= 4 is 33.5 Å². The number of aromatic nitrogens is 4. The van der Waals surface area contributed by atoms with Crippen molar-refractivity contribution < 1.29 is 27.9 Å². The molecule has 1 atom stereocenters. The number of carboxylic acid groups (broad SMARTS) is 1. The summed E-state index contributed by atoms with van der Waals surface area (Å²) in [6, 6.07) is 2.82. The first-order valence-electron chi connectivity index (χ1n) is 8.43. The van der Waals surface area contributed by atoms with Crippen molar-refractivity contribution in [2.45, 2.75) is 37.8 Å². The smallest absolute Gasteiger partial charge is 0.450 e. The van der Waals surface area contributed by atoms with E-state index >= 15 is 0 Å². The number of hydrogen-bond acceptors (Lipinski definition) is 7. The number of ether oxygens (including phenoxy) is 1. The summed E-state index contributed by atoms with van der Waals surface area (Å²) in [7, 11) is -2.22. The van der Waals surface area contributed by atoms with E-state index in [0.29, 0.717) is 12.0 Å². The number of nitrogens with zero attached hydrogens (tertiary/aromatic N) is 5. The number of amides is 1. The van der Waals surface area contributed by atoms with Gasteiger partial charge in [-0.1, -0.05) is 31.0 Å². The van der Waals surface area contributed by atoms with Gasteiger partial charge in [-0.3, -0.25) is 4.79 Å². The van der Waals surface area contributed by atoms with Gasteiger partial charge >= 0.3 is 6.16 Å². The molecule has 29 heavy (non-hydrogen) atoms. The molecule has 0 saturated carbocycles. The second-order valence-electron chi connectivity index (χ2n) is 6.24. The fourth-order valence-corrected chi connectivity index (χ4v) is 4.46. The number of aryl methyl sites for hydroxylation is 2. The van der Waals surface area contributed by atoms with E-state index in [9.17, 15) is 18.0 Å². The van der Waals surface area contributed by atoms with Gasteiger partial charge in [0.2, 0.25) is 6.23 Å². The van der Waals surface area contributed by atoms with Crippen molar-refractivity contribution in [2.24, 2.45) is 12.0 Å². The topological polar surface area (TPSA) is 146 Å². The summed E-state index contributed by atoms with van der Waals surface area (Å²) in [6.45, 7) is 3.38. The third-order valence-corrected chi connectivity index (χ3v) is 5.68. The Morgan fingerprint density at radius 1 is 1.34 bits per heavy atom. The molecule has 0 aliphatic carbocycles. The SMILES string of the molecule is CCCC(OC(=O)O)n1nnn(C)c1=NC(=O)c1ccc(C)c(S(C)(=O)=O)c1Cl. The lowest BCUT2D eigenvalue weighted by Crippen LogP contribution is -2.32. The van der Waals surface area contributed by atoms with Crippen LogP contribution >= 0.6 is 11.6 Å². The Kier molecular flexibility index (Phi) is 6.80. The molecular formula is C16H20ClN5O6S. The number of hydrogen-bond donors (Lipinski definition) is 1. The van der Waals surface area contributed by atoms with Crippen LogP contribution in [0, 0.1) is 6.92 Å². The first kappa shape index (κ1) is 22.6. The molecule has 1 N–H and O–H groups in total. The standard InChI is InChI=1S/C16H20ClN5O6S/c1-5-6-11(28-16(24)25)22-15(21(3)19-20-22)18-14(23)10-8-7-9(2)13(12(10)17)29(4,26)27/h7-8,11H,5-6H2,1-4H3,(H,24,25). The Morgan fingerprint density at radius 3 is 2.55 bits per heavy atom. The maximum Gasteiger partial charge on any atom is 0.507 e. The second-order valence-corrected chi connectivity index (χ2v) is 8.57. The first-order valence-corrected chi connectivity index (χ1v) is 10.7. The van der Waals surface area contributed by atoms with E-state index < -0.39 is 28.1 Å². The Morgan fingerprint density at radius 2 is 2.00 bits per heavy atom. The van der Waals surface area contributed by atoms with Crippen LogP contribution in [-0.4, -0.2) is 51.6 Å². The molecule has 1 aromatic carbocycles. The van der Waals surface area contributed by atoms with Crippen LogP contribution in [0.4, 0.5) is 4.79 Å². The normalized spacial score (nSPS) is 13.3. The van der Waals surface area contributed by atoms with Gasteiger partial charge in [0.15, 0.2) is 9.84 Å². The highest BCUT2D eigenvalue weighted by molar-refractivity contribution is 7.90. The molecule has 1 aromatic heterocycles. The van der Waals surface area contributed by atoms with E-state index in [1.54, 1.807) is 6.92 Å². The maximum absolute atomic E-state index is 12.7. The van der Waals surface area contributed by atoms with E-state index in [0.717, 1.165) is 15.6 Å². The molecule has 0 aliphatic rings. The Balaban J connectivity index is 2.61. The third kappa shape index (κ3) is 5.01. The molecule has 1 amide bonds. The monoisotopic (exact) mass is 445 g/mol. The lowest BCUT2D eigenvalue weighted by Gasteiger charge is -2.14. The summed E-state index contributed by atoms with van der Waals surface area (Å²) in [4.78, 5) is 27.5. The average Bonchev–Trinajstić information content (AvgIpc) is 2.93. The maximum atomic E-state index is 12.7. The molecule has 11 nitrogen and oxygen atoms in total. The number of sulfone groups is 1. The molecule has 1 unspecified atom stereocenters. The Hall–Kier alpha value is -2.73. The van der Waals surface area contributed by atoms with Gasteiger partial charge in [0.1, 0.15) is 0 Å². The molecule has 0 saturated heterocycles. The Bertz CT molecular complexity index is 1120. The highest BCUT2D eigenvalue weighted by Gasteiger charge is 2.23. The van der Waals surface area contributed by atoms with Gasteiger partial charge < -0.3 is 9.84 Å². The number of tetrazole rings is 1. The lowest BCUT2D eigenvalue weighted by molar-refractivity contribution is 0.00351. The highest BCUT2D eigenvalue weighted by Crippen LogP contribution is 2.29. The van der Waals surface area contributed by atoms with Gasteiger partial charge in [-0.05, 0) is 29.0 Å². The van der Waals surface area contributed by atoms with Crippen LogP contribution in [0.1, 0.15) is 41.9 Å². The largest absolute Gasteiger partial charge is 0.507 e. The molecule has 13 heteroatoms. The van der Waals surface area contributed by atoms with E-state index in [4.69, 9.17) is 21.4 Å². The molecule has 0 radical (unpaired) electrons. The minimum atomic E-state index is -3.68. The van der Waals surface area contributed by atoms with E-state index in [1.807, 2.05) is 6.92 Å². The summed E-state index contributed by atoms with van der Waals surface area (Å²) in [6.07, 6.45) is -0.729. The molecule has 158 valence electrons. The molecule has 0 fully saturated rings. The van der Waals surface area contributed by atoms with Gasteiger partial charge in [0.05, 0.1) is 15.5 Å². The minimum absolute atomic E-state index is 0.0905. The summed E-state index contributed by atoms with van der Waals surface area (Å²) < 4.78 is 31.1. The van der Waals surface area contributed by atoms with Crippen molar-refractivity contribution in [1.29, 1.82) is 0 Å². The lowest BCUT2D eigenvalue weighted by atomic mass is 10.1. The predicted molar refractivity (Wildman–Crippen MR) is 101 cm³/mol. The number of rotatable bonds is 6. The van der Waals surface area contributed by atoms with Crippen molar-refractivity contribution in [3.05, 3.63) is 33.9 Å². The zero-order valence-corrected chi connectivity index (χ0v) is 17.7. The molecule has 1 heterocycles. The molecule has 0 aliphatic heterocycles. The second kappa shape index (κ2) is 8.74. The first-order chi connectivity index (χ1) is 13.5. The Labute approximate surface area is 171 Å². The number of carbonyl (C=O) groups is 2. The van der Waals surface area contributed by atoms with Crippen molar-refractivity contribution in [2.75, 3.05) is 6.26 Å². The molecule has 2 aromatic rings. The highest BCUT2D eigenvalue weighted by atomic mass is 35.5. The van der Waals surface area contributed by atoms with E-state index in [-0.39, 0.29) is 27.5 Å². The molecule has 0 spiro atoms. The van der Waals surface area contributed by atoms with E-state index in [1.165, 1.54) is 19.2 Å². The zero-order chi connectivity index (χ0) is 21.9. The van der Waals surface area contributed by atoms with Crippen molar-refractivity contribution in [1.82, 2.24) is 19.8 Å². The van der Waals surface area contributed by atoms with Crippen LogP contribution < -0.4 is 5.62 Å². The van der Waals surface area contributed by atoms with Gasteiger partial charge in [0, 0.05) is 19.7 Å². The van der Waals surface area contributed by atoms with Crippen molar-refractivity contribution in [3.63, 3.8) is 0 Å². The van der Waals surface area contributed by atoms with Crippen LogP contribution in [0.3, 0.4) is 0 Å². The van der Waals surface area contributed by atoms with Gasteiger partial charge in [-0.15, -0.1) is 0 Å². The van der Waals surface area contributed by atoms with Crippen molar-refractivity contribution in [3.8, 4) is 0 Å². The number of carbonyl (C=O) groups excluding carboxylic acids is 1. The zero-order valence-electron chi connectivity index (χ0n) is 16.2. The predicted octanol–water partition coefficient (Wildman–Crippen LogP) is 1.72. The molecule has 0 bridgehead atoms. The quantitative estimate of drug-likeness (QED) is 0.661. The summed E-state index contributed by atoms with van der Waals surface area (Å²) in [5, 5.41) is 16.2. The van der Waals surface area contributed by atoms with Gasteiger partial charge in [-0.25, -0.2) is 17.9 Å². The van der Waals surface area contributed by atoms with Crippen LogP contribution in [0.15, 0.2) is 22.0 Å². The summed E-state index contributed by atoms with van der Waals surface area (Å²) in [5.41, 5.74) is 0.174. The fourth-order valence-electron chi connectivity index (χ4n) is 2.66. The van der Waals surface area contributed by atoms with Gasteiger partial charge in [0.25, 0.3) is 11.5 Å². The van der Waals surface area contributed by atoms with E-state index in [2.05, 4.69) is 15.4 Å². The molecule has 2 rings (SSSR count). The fraction of sp³-hybridized carbons (Fsp3) is 0.438. The average molecular weight is 446 g/mol. The van der Waals surface area contributed by atoms with Crippen LogP contribution in [0.25, 0.3) is 0 Å². The van der Waals surface area contributed by atoms with Crippen LogP contribution in [0.2, 0.25) is 5.02 Å². The summed E-state index contributed by atoms with van der Waals surface area (Å²) in [5.74, 6) is -0.843. The summed E-state index contributed by atoms with van der Waals surface area (Å²) >= 11 is 6.19. The van der Waals surface area contributed by atoms with Crippen LogP contribution in [-0.2, 0) is 21.6 Å².